The molecular weight excluding hydrogens is 278 g/mol. The number of urea groups is 1. The van der Waals surface area contributed by atoms with Crippen LogP contribution in [-0.2, 0) is 16.1 Å². The molecule has 1 fully saturated rings. The number of aryl methyl sites for hydroxylation is 1. The maximum Gasteiger partial charge on any atom is 0.329 e. The van der Waals surface area contributed by atoms with Gasteiger partial charge in [-0.3, -0.25) is 4.68 Å². The van der Waals surface area contributed by atoms with E-state index >= 15 is 0 Å². The van der Waals surface area contributed by atoms with E-state index < -0.39 is 11.6 Å². The van der Waals surface area contributed by atoms with E-state index in [0.717, 1.165) is 6.42 Å². The molecule has 2 rings (SSSR count). The smallest absolute Gasteiger partial charge is 0.329 e. The van der Waals surface area contributed by atoms with Gasteiger partial charge in [-0.2, -0.15) is 0 Å². The second-order valence-electron chi connectivity index (χ2n) is 5.24. The molecule has 1 aliphatic heterocycles. The number of nitrogens with one attached hydrogen (secondary N) is 1. The number of aliphatic carboxylic acids is 1. The van der Waals surface area contributed by atoms with E-state index in [9.17, 15) is 9.59 Å². The summed E-state index contributed by atoms with van der Waals surface area (Å²) in [6, 6.07) is -0.162. The first-order valence-electron chi connectivity index (χ1n) is 6.71. The van der Waals surface area contributed by atoms with Crippen LogP contribution >= 0.6 is 0 Å². The Kier molecular flexibility index (Phi) is 4.73. The average molecular weight is 297 g/mol. The topological polar surface area (TPSA) is 110 Å². The summed E-state index contributed by atoms with van der Waals surface area (Å²) in [6.45, 7) is 3.49. The molecule has 2 N–H and O–H groups in total. The first-order valence-corrected chi connectivity index (χ1v) is 6.71. The fourth-order valence-electron chi connectivity index (χ4n) is 2.13. The Bertz CT molecular complexity index is 484. The maximum atomic E-state index is 11.8. The van der Waals surface area contributed by atoms with Crippen molar-refractivity contribution >= 4 is 12.0 Å². The number of carboxylic acids is 1. The highest BCUT2D eigenvalue weighted by molar-refractivity contribution is 5.75. The second-order valence-corrected chi connectivity index (χ2v) is 5.24. The molecule has 0 atom stereocenters. The fourth-order valence-corrected chi connectivity index (χ4v) is 2.13. The van der Waals surface area contributed by atoms with Gasteiger partial charge in [0.15, 0.2) is 0 Å². The molecule has 9 nitrogen and oxygen atoms in total. The number of ether oxygens (including phenoxy) is 1. The molecule has 9 heteroatoms. The molecule has 0 aromatic carbocycles. The molecule has 1 aromatic rings. The van der Waals surface area contributed by atoms with Gasteiger partial charge in [0.2, 0.25) is 0 Å². The maximum absolute atomic E-state index is 11.8. The molecule has 21 heavy (non-hydrogen) atoms. The molecule has 2 amide bonds. The molecule has 116 valence electrons. The highest BCUT2D eigenvalue weighted by atomic mass is 16.5. The number of aromatic nitrogens is 3. The third kappa shape index (κ3) is 4.42. The third-order valence-corrected chi connectivity index (χ3v) is 3.19. The number of likely N-dealkylation sites (tertiary alicyclic amines) is 1. The van der Waals surface area contributed by atoms with Crippen molar-refractivity contribution in [1.82, 2.24) is 25.2 Å². The van der Waals surface area contributed by atoms with Gasteiger partial charge in [0, 0.05) is 19.3 Å². The Labute approximate surface area is 121 Å². The van der Waals surface area contributed by atoms with Crippen LogP contribution in [0.4, 0.5) is 4.79 Å². The van der Waals surface area contributed by atoms with E-state index in [0.29, 0.717) is 26.2 Å². The fraction of sp³-hybridized carbons (Fsp3) is 0.667. The molecular formula is C12H19N5O4. The van der Waals surface area contributed by atoms with Crippen molar-refractivity contribution in [3.05, 3.63) is 12.4 Å². The predicted octanol–water partition coefficient (Wildman–Crippen LogP) is -0.447. The lowest BCUT2D eigenvalue weighted by molar-refractivity contribution is -0.159. The van der Waals surface area contributed by atoms with Crippen molar-refractivity contribution in [3.8, 4) is 0 Å². The van der Waals surface area contributed by atoms with Gasteiger partial charge in [-0.25, -0.2) is 9.59 Å². The lowest BCUT2D eigenvalue weighted by atomic mass is 9.97. The van der Waals surface area contributed by atoms with Gasteiger partial charge >= 0.3 is 12.0 Å². The van der Waals surface area contributed by atoms with Crippen LogP contribution in [0, 0.1) is 0 Å². The van der Waals surface area contributed by atoms with Gasteiger partial charge in [0.1, 0.15) is 12.2 Å². The van der Waals surface area contributed by atoms with E-state index in [2.05, 4.69) is 15.6 Å². The lowest BCUT2D eigenvalue weighted by Gasteiger charge is -2.46. The van der Waals surface area contributed by atoms with Crippen LogP contribution in [0.1, 0.15) is 13.3 Å². The van der Waals surface area contributed by atoms with Crippen molar-refractivity contribution in [3.63, 3.8) is 0 Å². The number of rotatable bonds is 7. The normalized spacial score (nSPS) is 16.3. The summed E-state index contributed by atoms with van der Waals surface area (Å²) in [7, 11) is 0. The standard InChI is InChI=1S/C12H19N5O4/c1-12(21-7-10(18)19)8-16(9-12)11(20)13-3-2-5-17-6-4-14-15-17/h4,6H,2-3,5,7-9H2,1H3,(H,13,20)(H,18,19). The summed E-state index contributed by atoms with van der Waals surface area (Å²) in [5, 5.41) is 18.9. The van der Waals surface area contributed by atoms with Crippen molar-refractivity contribution in [2.45, 2.75) is 25.5 Å². The van der Waals surface area contributed by atoms with E-state index in [-0.39, 0.29) is 12.6 Å². The highest BCUT2D eigenvalue weighted by Crippen LogP contribution is 2.24. The van der Waals surface area contributed by atoms with Crippen LogP contribution in [0.2, 0.25) is 0 Å². The zero-order chi connectivity index (χ0) is 15.3. The number of hydrogen-bond acceptors (Lipinski definition) is 5. The number of nitrogens with zero attached hydrogens (tertiary/aromatic N) is 4. The summed E-state index contributed by atoms with van der Waals surface area (Å²) >= 11 is 0. The van der Waals surface area contributed by atoms with Crippen LogP contribution in [-0.4, -0.2) is 68.8 Å². The molecule has 1 aliphatic rings. The number of hydrogen-bond donors (Lipinski definition) is 2. The minimum atomic E-state index is -1.01. The Hall–Kier alpha value is -2.16. The quantitative estimate of drug-likeness (QED) is 0.660. The zero-order valence-corrected chi connectivity index (χ0v) is 11.9. The summed E-state index contributed by atoms with van der Waals surface area (Å²) in [6.07, 6.45) is 4.13. The largest absolute Gasteiger partial charge is 0.480 e. The zero-order valence-electron chi connectivity index (χ0n) is 11.9. The van der Waals surface area contributed by atoms with E-state index in [1.807, 2.05) is 0 Å². The Morgan fingerprint density at radius 1 is 1.48 bits per heavy atom. The van der Waals surface area contributed by atoms with Crippen LogP contribution in [0.15, 0.2) is 12.4 Å². The van der Waals surface area contributed by atoms with Crippen LogP contribution in [0.5, 0.6) is 0 Å². The number of carboxylic acid groups (broad SMARTS) is 1. The minimum Gasteiger partial charge on any atom is -0.480 e. The predicted molar refractivity (Wildman–Crippen MR) is 71.6 cm³/mol. The van der Waals surface area contributed by atoms with Gasteiger partial charge < -0.3 is 20.1 Å². The van der Waals surface area contributed by atoms with Crippen molar-refractivity contribution in [2.75, 3.05) is 26.2 Å². The molecule has 0 aliphatic carbocycles. The highest BCUT2D eigenvalue weighted by Gasteiger charge is 2.42. The molecule has 0 radical (unpaired) electrons. The summed E-state index contributed by atoms with van der Waals surface area (Å²) in [4.78, 5) is 23.9. The van der Waals surface area contributed by atoms with Gasteiger partial charge in [-0.15, -0.1) is 5.10 Å². The Morgan fingerprint density at radius 2 is 2.24 bits per heavy atom. The SMILES string of the molecule is CC1(OCC(=O)O)CN(C(=O)NCCCn2ccnn2)C1. The monoisotopic (exact) mass is 297 g/mol. The second kappa shape index (κ2) is 6.53. The van der Waals surface area contributed by atoms with Gasteiger partial charge in [0.25, 0.3) is 0 Å². The van der Waals surface area contributed by atoms with Gasteiger partial charge in [-0.05, 0) is 13.3 Å². The first-order chi connectivity index (χ1) is 9.98. The van der Waals surface area contributed by atoms with E-state index in [4.69, 9.17) is 9.84 Å². The molecule has 1 saturated heterocycles. The summed E-state index contributed by atoms with van der Waals surface area (Å²) < 4.78 is 6.94. The van der Waals surface area contributed by atoms with Crippen molar-refractivity contribution in [2.24, 2.45) is 0 Å². The Balaban J connectivity index is 1.59. The Morgan fingerprint density at radius 3 is 2.86 bits per heavy atom. The molecule has 0 bridgehead atoms. The van der Waals surface area contributed by atoms with Gasteiger partial charge in [0.05, 0.1) is 19.3 Å². The molecule has 0 saturated carbocycles. The lowest BCUT2D eigenvalue weighted by Crippen LogP contribution is -2.65. The first kappa shape index (κ1) is 15.2. The number of carbonyl (C=O) groups is 2. The molecule has 0 unspecified atom stereocenters. The average Bonchev–Trinajstić information content (AvgIpc) is 2.91. The number of carbonyl (C=O) groups excluding carboxylic acids is 1. The summed E-state index contributed by atoms with van der Waals surface area (Å²) in [5.74, 6) is -1.01. The number of amides is 2. The molecule has 2 heterocycles. The third-order valence-electron chi connectivity index (χ3n) is 3.19. The van der Waals surface area contributed by atoms with Crippen LogP contribution in [0.25, 0.3) is 0 Å². The van der Waals surface area contributed by atoms with Crippen LogP contribution in [0.3, 0.4) is 0 Å². The van der Waals surface area contributed by atoms with Crippen molar-refractivity contribution < 1.29 is 19.4 Å². The van der Waals surface area contributed by atoms with Crippen molar-refractivity contribution in [1.29, 1.82) is 0 Å². The van der Waals surface area contributed by atoms with Gasteiger partial charge in [-0.1, -0.05) is 5.21 Å². The summed E-state index contributed by atoms with van der Waals surface area (Å²) in [5.41, 5.74) is -0.559. The van der Waals surface area contributed by atoms with E-state index in [1.54, 1.807) is 28.9 Å². The van der Waals surface area contributed by atoms with E-state index in [1.165, 1.54) is 0 Å². The van der Waals surface area contributed by atoms with Crippen LogP contribution < -0.4 is 5.32 Å². The molecule has 0 spiro atoms. The minimum absolute atomic E-state index is 0.162. The molecule has 1 aromatic heterocycles.